The smallest absolute Gasteiger partial charge is 0.147 e. The molecule has 0 N–H and O–H groups in total. The molecular formula is C12H8BrCl2NO. The number of hydrogen-bond donors (Lipinski definition) is 0. The molecule has 0 amide bonds. The molecule has 0 saturated heterocycles. The van der Waals surface area contributed by atoms with E-state index in [1.165, 1.54) is 0 Å². The number of halogens is 3. The van der Waals surface area contributed by atoms with Crippen molar-refractivity contribution in [3.8, 4) is 11.5 Å². The van der Waals surface area contributed by atoms with E-state index in [-0.39, 0.29) is 0 Å². The highest BCUT2D eigenvalue weighted by Gasteiger charge is 2.04. The number of pyridine rings is 1. The van der Waals surface area contributed by atoms with Crippen LogP contribution in [-0.4, -0.2) is 4.98 Å². The van der Waals surface area contributed by atoms with Crippen LogP contribution >= 0.6 is 39.1 Å². The molecule has 88 valence electrons. The van der Waals surface area contributed by atoms with Gasteiger partial charge in [0.1, 0.15) is 11.5 Å². The summed E-state index contributed by atoms with van der Waals surface area (Å²) in [5.74, 6) is 1.76. The minimum Gasteiger partial charge on any atom is -0.455 e. The van der Waals surface area contributed by atoms with Gasteiger partial charge in [-0.1, -0.05) is 17.7 Å². The van der Waals surface area contributed by atoms with Crippen LogP contribution in [0.25, 0.3) is 0 Å². The summed E-state index contributed by atoms with van der Waals surface area (Å²) in [7, 11) is 0. The van der Waals surface area contributed by atoms with Crippen LogP contribution in [0.3, 0.4) is 0 Å². The average Bonchev–Trinajstić information content (AvgIpc) is 2.32. The maximum absolute atomic E-state index is 5.83. The first-order chi connectivity index (χ1) is 8.19. The first kappa shape index (κ1) is 12.7. The summed E-state index contributed by atoms with van der Waals surface area (Å²) in [6.45, 7) is 0. The van der Waals surface area contributed by atoms with Gasteiger partial charge in [-0.15, -0.1) is 11.6 Å². The first-order valence-corrected chi connectivity index (χ1v) is 6.52. The zero-order valence-corrected chi connectivity index (χ0v) is 11.8. The lowest BCUT2D eigenvalue weighted by Gasteiger charge is -2.08. The molecule has 2 rings (SSSR count). The number of nitrogens with zero attached hydrogens (tertiary/aromatic N) is 1. The van der Waals surface area contributed by atoms with Crippen molar-refractivity contribution in [3.63, 3.8) is 0 Å². The lowest BCUT2D eigenvalue weighted by Crippen LogP contribution is -1.88. The minimum atomic E-state index is 0.470. The van der Waals surface area contributed by atoms with Crippen LogP contribution < -0.4 is 4.74 Å². The maximum atomic E-state index is 5.83. The van der Waals surface area contributed by atoms with Crippen LogP contribution in [0, 0.1) is 0 Å². The molecule has 0 atom stereocenters. The van der Waals surface area contributed by atoms with Gasteiger partial charge in [0, 0.05) is 18.1 Å². The molecule has 1 heterocycles. The summed E-state index contributed by atoms with van der Waals surface area (Å²) < 4.78 is 6.50. The third-order valence-corrected chi connectivity index (χ3v) is 3.19. The van der Waals surface area contributed by atoms with Crippen molar-refractivity contribution in [3.05, 3.63) is 51.7 Å². The number of hydrogen-bond acceptors (Lipinski definition) is 2. The molecule has 5 heteroatoms. The minimum absolute atomic E-state index is 0.470. The van der Waals surface area contributed by atoms with E-state index < -0.39 is 0 Å². The molecular weight excluding hydrogens is 325 g/mol. The van der Waals surface area contributed by atoms with Crippen LogP contribution in [0.4, 0.5) is 0 Å². The zero-order valence-electron chi connectivity index (χ0n) is 8.66. The summed E-state index contributed by atoms with van der Waals surface area (Å²) in [6.07, 6.45) is 3.16. The molecule has 0 radical (unpaired) electrons. The van der Waals surface area contributed by atoms with E-state index in [2.05, 4.69) is 20.9 Å². The summed E-state index contributed by atoms with van der Waals surface area (Å²) >= 11 is 15.0. The van der Waals surface area contributed by atoms with E-state index in [0.717, 1.165) is 10.0 Å². The molecule has 2 nitrogen and oxygen atoms in total. The van der Waals surface area contributed by atoms with E-state index >= 15 is 0 Å². The van der Waals surface area contributed by atoms with Crippen molar-refractivity contribution in [2.45, 2.75) is 5.88 Å². The van der Waals surface area contributed by atoms with Gasteiger partial charge in [-0.05, 0) is 33.6 Å². The quantitative estimate of drug-likeness (QED) is 0.735. The maximum Gasteiger partial charge on any atom is 0.147 e. The predicted molar refractivity (Wildman–Crippen MR) is 73.0 cm³/mol. The molecule has 0 spiro atoms. The second-order valence-electron chi connectivity index (χ2n) is 3.34. The molecule has 0 fully saturated rings. The summed E-state index contributed by atoms with van der Waals surface area (Å²) in [6, 6.07) is 7.38. The van der Waals surface area contributed by atoms with Crippen molar-refractivity contribution >= 4 is 39.1 Å². The van der Waals surface area contributed by atoms with Crippen molar-refractivity contribution < 1.29 is 4.74 Å². The molecule has 0 aliphatic heterocycles. The monoisotopic (exact) mass is 331 g/mol. The Kier molecular flexibility index (Phi) is 4.26. The van der Waals surface area contributed by atoms with Crippen LogP contribution in [0.5, 0.6) is 11.5 Å². The van der Waals surface area contributed by atoms with Crippen LogP contribution in [-0.2, 0) is 5.88 Å². The summed E-state index contributed by atoms with van der Waals surface area (Å²) in [5, 5.41) is 0.538. The Morgan fingerprint density at radius 1 is 1.24 bits per heavy atom. The van der Waals surface area contributed by atoms with E-state index in [9.17, 15) is 0 Å². The SMILES string of the molecule is ClCc1ccc(Oc2cncc(Cl)c2)c(Br)c1. The second kappa shape index (κ2) is 5.71. The highest BCUT2D eigenvalue weighted by atomic mass is 79.9. The topological polar surface area (TPSA) is 22.1 Å². The average molecular weight is 333 g/mol. The van der Waals surface area contributed by atoms with Crippen LogP contribution in [0.2, 0.25) is 5.02 Å². The molecule has 0 bridgehead atoms. The summed E-state index contributed by atoms with van der Waals surface area (Å²) in [4.78, 5) is 3.95. The Bertz CT molecular complexity index is 534. The number of rotatable bonds is 3. The predicted octanol–water partition coefficient (Wildman–Crippen LogP) is 5.03. The molecule has 1 aromatic carbocycles. The molecule has 1 aromatic heterocycles. The third kappa shape index (κ3) is 3.35. The Balaban J connectivity index is 2.24. The zero-order chi connectivity index (χ0) is 12.3. The lowest BCUT2D eigenvalue weighted by atomic mass is 10.2. The Hall–Kier alpha value is -0.770. The molecule has 0 aliphatic carbocycles. The van der Waals surface area contributed by atoms with Crippen LogP contribution in [0.1, 0.15) is 5.56 Å². The highest BCUT2D eigenvalue weighted by Crippen LogP contribution is 2.31. The van der Waals surface area contributed by atoms with Gasteiger partial charge in [-0.3, -0.25) is 4.98 Å². The molecule has 0 unspecified atom stereocenters. The Labute approximate surface area is 118 Å². The van der Waals surface area contributed by atoms with Crippen molar-refractivity contribution in [2.24, 2.45) is 0 Å². The van der Waals surface area contributed by atoms with E-state index in [1.807, 2.05) is 18.2 Å². The van der Waals surface area contributed by atoms with Gasteiger partial charge in [0.15, 0.2) is 0 Å². The van der Waals surface area contributed by atoms with Crippen molar-refractivity contribution in [1.82, 2.24) is 4.98 Å². The number of aromatic nitrogens is 1. The van der Waals surface area contributed by atoms with Gasteiger partial charge in [-0.2, -0.15) is 0 Å². The van der Waals surface area contributed by atoms with E-state index in [0.29, 0.717) is 22.4 Å². The van der Waals surface area contributed by atoms with Crippen LogP contribution in [0.15, 0.2) is 41.1 Å². The molecule has 17 heavy (non-hydrogen) atoms. The van der Waals surface area contributed by atoms with Gasteiger partial charge in [0.2, 0.25) is 0 Å². The summed E-state index contributed by atoms with van der Waals surface area (Å²) in [5.41, 5.74) is 1.02. The fraction of sp³-hybridized carbons (Fsp3) is 0.0833. The first-order valence-electron chi connectivity index (χ1n) is 4.82. The third-order valence-electron chi connectivity index (χ3n) is 2.06. The van der Waals surface area contributed by atoms with Gasteiger partial charge in [0.25, 0.3) is 0 Å². The number of benzene rings is 1. The normalized spacial score (nSPS) is 10.3. The highest BCUT2D eigenvalue weighted by molar-refractivity contribution is 9.10. The van der Waals surface area contributed by atoms with Gasteiger partial charge in [-0.25, -0.2) is 0 Å². The lowest BCUT2D eigenvalue weighted by molar-refractivity contribution is 0.477. The van der Waals surface area contributed by atoms with Gasteiger partial charge < -0.3 is 4.74 Å². The number of alkyl halides is 1. The van der Waals surface area contributed by atoms with Gasteiger partial charge >= 0.3 is 0 Å². The van der Waals surface area contributed by atoms with E-state index in [1.54, 1.807) is 18.5 Å². The molecule has 0 saturated carbocycles. The fourth-order valence-corrected chi connectivity index (χ4v) is 2.12. The van der Waals surface area contributed by atoms with Crippen molar-refractivity contribution in [2.75, 3.05) is 0 Å². The van der Waals surface area contributed by atoms with Crippen molar-refractivity contribution in [1.29, 1.82) is 0 Å². The fourth-order valence-electron chi connectivity index (χ4n) is 1.29. The second-order valence-corrected chi connectivity index (χ2v) is 4.90. The molecule has 2 aromatic rings. The largest absolute Gasteiger partial charge is 0.455 e. The molecule has 0 aliphatic rings. The number of ether oxygens (including phenoxy) is 1. The Morgan fingerprint density at radius 2 is 2.06 bits per heavy atom. The van der Waals surface area contributed by atoms with E-state index in [4.69, 9.17) is 27.9 Å². The standard InChI is InChI=1S/C12H8BrCl2NO/c13-11-3-8(5-14)1-2-12(11)17-10-4-9(15)6-16-7-10/h1-4,6-7H,5H2. The Morgan fingerprint density at radius 3 is 2.71 bits per heavy atom. The van der Waals surface area contributed by atoms with Gasteiger partial charge in [0.05, 0.1) is 15.7 Å².